The van der Waals surface area contributed by atoms with Crippen LogP contribution in [0.4, 0.5) is 0 Å². The molecular formula is C18H22O12. The van der Waals surface area contributed by atoms with E-state index in [0.717, 1.165) is 18.2 Å². The molecule has 0 aromatic heterocycles. The number of rotatable bonds is 11. The van der Waals surface area contributed by atoms with Gasteiger partial charge in [0.15, 0.2) is 23.7 Å². The third-order valence-electron chi connectivity index (χ3n) is 3.32. The number of carbonyl (C=O) groups excluding carboxylic acids is 3. The number of carbonyl (C=O) groups is 3. The van der Waals surface area contributed by atoms with Crippen molar-refractivity contribution >= 4 is 24.0 Å². The average molecular weight is 430 g/mol. The first-order valence-corrected chi connectivity index (χ1v) is 8.50. The van der Waals surface area contributed by atoms with Gasteiger partial charge in [0.25, 0.3) is 0 Å². The summed E-state index contributed by atoms with van der Waals surface area (Å²) in [6, 6.07) is 3.62. The number of ether oxygens (including phenoxy) is 3. The Morgan fingerprint density at radius 3 is 1.97 bits per heavy atom. The van der Waals surface area contributed by atoms with Crippen molar-refractivity contribution in [2.75, 3.05) is 26.4 Å². The van der Waals surface area contributed by atoms with Crippen molar-refractivity contribution < 1.29 is 59.2 Å². The Morgan fingerprint density at radius 2 is 1.43 bits per heavy atom. The molecule has 12 nitrogen and oxygen atoms in total. The summed E-state index contributed by atoms with van der Waals surface area (Å²) in [5, 5.41) is 54.0. The standard InChI is InChI=1S/C18H22O12/c19-6-11(22)9-28-16(25)4-2-10-1-3-14(29-17(26)12(23)7-20)15(5-10)30-18(27)13(24)8-21/h1-5,11-13,19-24H,6-9H2. The van der Waals surface area contributed by atoms with Crippen molar-refractivity contribution in [2.24, 2.45) is 0 Å². The fourth-order valence-corrected chi connectivity index (χ4v) is 1.74. The van der Waals surface area contributed by atoms with Gasteiger partial charge in [-0.25, -0.2) is 14.4 Å². The zero-order chi connectivity index (χ0) is 22.7. The Bertz CT molecular complexity index is 760. The molecule has 0 spiro atoms. The summed E-state index contributed by atoms with van der Waals surface area (Å²) in [7, 11) is 0. The van der Waals surface area contributed by atoms with Crippen molar-refractivity contribution in [3.63, 3.8) is 0 Å². The van der Waals surface area contributed by atoms with Gasteiger partial charge in [-0.2, -0.15) is 0 Å². The molecular weight excluding hydrogens is 408 g/mol. The zero-order valence-electron chi connectivity index (χ0n) is 15.6. The highest BCUT2D eigenvalue weighted by Crippen LogP contribution is 2.30. The lowest BCUT2D eigenvalue weighted by molar-refractivity contribution is -0.148. The molecule has 12 heteroatoms. The van der Waals surface area contributed by atoms with E-state index in [9.17, 15) is 24.6 Å². The fraction of sp³-hybridized carbons (Fsp3) is 0.389. The Kier molecular flexibility index (Phi) is 10.6. The second kappa shape index (κ2) is 12.6. The highest BCUT2D eigenvalue weighted by Gasteiger charge is 2.22. The minimum Gasteiger partial charge on any atom is -0.460 e. The lowest BCUT2D eigenvalue weighted by atomic mass is 10.2. The maximum absolute atomic E-state index is 11.7. The van der Waals surface area contributed by atoms with Gasteiger partial charge in [-0.3, -0.25) is 0 Å². The van der Waals surface area contributed by atoms with Crippen LogP contribution in [0.25, 0.3) is 6.08 Å². The first-order valence-electron chi connectivity index (χ1n) is 8.50. The first-order chi connectivity index (χ1) is 14.2. The van der Waals surface area contributed by atoms with Crippen molar-refractivity contribution in [1.29, 1.82) is 0 Å². The van der Waals surface area contributed by atoms with E-state index in [-0.39, 0.29) is 11.3 Å². The van der Waals surface area contributed by atoms with Crippen LogP contribution >= 0.6 is 0 Å². The van der Waals surface area contributed by atoms with Gasteiger partial charge in [0.05, 0.1) is 19.8 Å². The molecule has 30 heavy (non-hydrogen) atoms. The predicted octanol–water partition coefficient (Wildman–Crippen LogP) is -2.89. The second-order valence-corrected chi connectivity index (χ2v) is 5.74. The largest absolute Gasteiger partial charge is 0.460 e. The molecule has 0 radical (unpaired) electrons. The molecule has 3 atom stereocenters. The number of benzene rings is 1. The van der Waals surface area contributed by atoms with E-state index in [2.05, 4.69) is 4.74 Å². The Hall–Kier alpha value is -2.87. The summed E-state index contributed by atoms with van der Waals surface area (Å²) in [6.07, 6.45) is -2.75. The maximum atomic E-state index is 11.7. The van der Waals surface area contributed by atoms with Crippen LogP contribution in [0.1, 0.15) is 5.56 Å². The fourth-order valence-electron chi connectivity index (χ4n) is 1.74. The molecule has 1 aromatic carbocycles. The maximum Gasteiger partial charge on any atom is 0.342 e. The van der Waals surface area contributed by atoms with E-state index in [1.165, 1.54) is 12.1 Å². The Labute approximate surface area is 170 Å². The number of aliphatic hydroxyl groups excluding tert-OH is 6. The number of aliphatic hydroxyl groups is 6. The molecule has 0 bridgehead atoms. The van der Waals surface area contributed by atoms with Crippen LogP contribution in [0.5, 0.6) is 11.5 Å². The molecule has 1 rings (SSSR count). The molecule has 3 unspecified atom stereocenters. The van der Waals surface area contributed by atoms with E-state index in [1.807, 2.05) is 0 Å². The van der Waals surface area contributed by atoms with Crippen molar-refractivity contribution in [1.82, 2.24) is 0 Å². The van der Waals surface area contributed by atoms with Gasteiger partial charge < -0.3 is 44.8 Å². The zero-order valence-corrected chi connectivity index (χ0v) is 15.6. The third kappa shape index (κ3) is 8.24. The first kappa shape index (κ1) is 25.2. The minimum absolute atomic E-state index is 0.249. The van der Waals surface area contributed by atoms with Crippen LogP contribution in [-0.2, 0) is 19.1 Å². The van der Waals surface area contributed by atoms with Gasteiger partial charge >= 0.3 is 17.9 Å². The van der Waals surface area contributed by atoms with E-state index in [1.54, 1.807) is 0 Å². The highest BCUT2D eigenvalue weighted by molar-refractivity contribution is 5.87. The molecule has 0 saturated carbocycles. The summed E-state index contributed by atoms with van der Waals surface area (Å²) >= 11 is 0. The lowest BCUT2D eigenvalue weighted by Crippen LogP contribution is -2.30. The van der Waals surface area contributed by atoms with Crippen molar-refractivity contribution in [3.05, 3.63) is 29.8 Å². The minimum atomic E-state index is -1.87. The summed E-state index contributed by atoms with van der Waals surface area (Å²) < 4.78 is 14.4. The normalized spacial score (nSPS) is 14.1. The van der Waals surface area contributed by atoms with Crippen LogP contribution in [0.2, 0.25) is 0 Å². The van der Waals surface area contributed by atoms with Gasteiger partial charge in [-0.1, -0.05) is 6.07 Å². The average Bonchev–Trinajstić information content (AvgIpc) is 2.75. The van der Waals surface area contributed by atoms with E-state index in [4.69, 9.17) is 29.9 Å². The smallest absolute Gasteiger partial charge is 0.342 e. The monoisotopic (exact) mass is 430 g/mol. The number of hydrogen-bond acceptors (Lipinski definition) is 12. The summed E-state index contributed by atoms with van der Waals surface area (Å²) in [5.41, 5.74) is 0.249. The van der Waals surface area contributed by atoms with Gasteiger partial charge in [0.2, 0.25) is 0 Å². The summed E-state index contributed by atoms with van der Waals surface area (Å²) in [4.78, 5) is 35.0. The third-order valence-corrected chi connectivity index (χ3v) is 3.32. The van der Waals surface area contributed by atoms with E-state index in [0.29, 0.717) is 0 Å². The van der Waals surface area contributed by atoms with Gasteiger partial charge in [-0.05, 0) is 23.8 Å². The van der Waals surface area contributed by atoms with Crippen LogP contribution < -0.4 is 9.47 Å². The molecule has 0 heterocycles. The predicted molar refractivity (Wildman–Crippen MR) is 97.0 cm³/mol. The molecule has 0 aliphatic rings. The number of esters is 3. The molecule has 0 fully saturated rings. The molecule has 0 saturated heterocycles. The van der Waals surface area contributed by atoms with Gasteiger partial charge in [0, 0.05) is 6.08 Å². The van der Waals surface area contributed by atoms with Gasteiger partial charge in [-0.15, -0.1) is 0 Å². The highest BCUT2D eigenvalue weighted by atomic mass is 16.6. The molecule has 0 aliphatic carbocycles. The molecule has 0 amide bonds. The lowest BCUT2D eigenvalue weighted by Gasteiger charge is -2.14. The SMILES string of the molecule is O=C(C=Cc1ccc(OC(=O)C(O)CO)c(OC(=O)C(O)CO)c1)OCC(O)CO. The van der Waals surface area contributed by atoms with Crippen LogP contribution in [0.3, 0.4) is 0 Å². The summed E-state index contributed by atoms with van der Waals surface area (Å²) in [5.74, 6) is -4.10. The van der Waals surface area contributed by atoms with Gasteiger partial charge in [0.1, 0.15) is 12.7 Å². The van der Waals surface area contributed by atoms with E-state index < -0.39 is 68.4 Å². The van der Waals surface area contributed by atoms with Crippen molar-refractivity contribution in [3.8, 4) is 11.5 Å². The molecule has 0 aliphatic heterocycles. The second-order valence-electron chi connectivity index (χ2n) is 5.74. The quantitative estimate of drug-likeness (QED) is 0.119. The molecule has 6 N–H and O–H groups in total. The van der Waals surface area contributed by atoms with Crippen LogP contribution in [0.15, 0.2) is 24.3 Å². The Balaban J connectivity index is 3.03. The summed E-state index contributed by atoms with van der Waals surface area (Å²) in [6.45, 7) is -2.85. The Morgan fingerprint density at radius 1 is 0.867 bits per heavy atom. The topological polar surface area (TPSA) is 200 Å². The van der Waals surface area contributed by atoms with Crippen molar-refractivity contribution in [2.45, 2.75) is 18.3 Å². The number of hydrogen-bond donors (Lipinski definition) is 6. The molecule has 166 valence electrons. The molecule has 1 aromatic rings. The van der Waals surface area contributed by atoms with E-state index >= 15 is 0 Å². The van der Waals surface area contributed by atoms with Crippen LogP contribution in [0, 0.1) is 0 Å². The van der Waals surface area contributed by atoms with Crippen LogP contribution in [-0.4, -0.2) is 93.3 Å².